The number of carbonyl (C=O) groups excluding carboxylic acids is 1. The van der Waals surface area contributed by atoms with E-state index in [0.29, 0.717) is 6.54 Å². The van der Waals surface area contributed by atoms with E-state index in [2.05, 4.69) is 0 Å². The Morgan fingerprint density at radius 3 is 2.86 bits per heavy atom. The van der Waals surface area contributed by atoms with Crippen molar-refractivity contribution in [2.45, 2.75) is 58.3 Å². The molecule has 2 rings (SSSR count). The first kappa shape index (κ1) is 15.9. The van der Waals surface area contributed by atoms with Crippen LogP contribution in [0.1, 0.15) is 52.4 Å². The highest BCUT2D eigenvalue weighted by Gasteiger charge is 2.29. The molecular weight excluding hydrogens is 270 g/mol. The average molecular weight is 295 g/mol. The molecule has 1 aromatic heterocycles. The first-order valence-electron chi connectivity index (χ1n) is 7.52. The Kier molecular flexibility index (Phi) is 4.93. The lowest BCUT2D eigenvalue weighted by molar-refractivity contribution is -0.0544. The van der Waals surface area contributed by atoms with Crippen LogP contribution >= 0.6 is 0 Å². The van der Waals surface area contributed by atoms with Gasteiger partial charge < -0.3 is 18.8 Å². The van der Waals surface area contributed by atoms with E-state index in [9.17, 15) is 4.79 Å². The molecule has 0 aromatic carbocycles. The summed E-state index contributed by atoms with van der Waals surface area (Å²) in [4.78, 5) is 13.8. The summed E-state index contributed by atoms with van der Waals surface area (Å²) in [5.74, 6) is 0.810. The van der Waals surface area contributed by atoms with Crippen LogP contribution in [-0.4, -0.2) is 35.8 Å². The standard InChI is InChI=1S/C16H25NO4/c1-12(14-8-6-10-19-14)20-13-7-5-9-17(11-13)15(18)21-16(2,3)4/h6,8,10,12-13H,5,7,9,11H2,1-4H3/t12?,13-/m0/s1. The molecule has 0 saturated carbocycles. The number of hydrogen-bond acceptors (Lipinski definition) is 4. The Morgan fingerprint density at radius 2 is 2.24 bits per heavy atom. The molecule has 0 aliphatic carbocycles. The molecule has 1 amide bonds. The first-order valence-corrected chi connectivity index (χ1v) is 7.52. The van der Waals surface area contributed by atoms with Crippen LogP contribution in [0.15, 0.2) is 22.8 Å². The molecule has 0 N–H and O–H groups in total. The fraction of sp³-hybridized carbons (Fsp3) is 0.688. The second kappa shape index (κ2) is 6.52. The van der Waals surface area contributed by atoms with Crippen LogP contribution in [0.4, 0.5) is 4.79 Å². The van der Waals surface area contributed by atoms with Gasteiger partial charge in [0.2, 0.25) is 0 Å². The normalized spacial score (nSPS) is 21.1. The van der Waals surface area contributed by atoms with Gasteiger partial charge in [-0.15, -0.1) is 0 Å². The van der Waals surface area contributed by atoms with Crippen molar-refractivity contribution >= 4 is 6.09 Å². The predicted molar refractivity (Wildman–Crippen MR) is 79.0 cm³/mol. The highest BCUT2D eigenvalue weighted by molar-refractivity contribution is 5.68. The maximum Gasteiger partial charge on any atom is 0.410 e. The van der Waals surface area contributed by atoms with Gasteiger partial charge in [-0.3, -0.25) is 0 Å². The van der Waals surface area contributed by atoms with Crippen LogP contribution in [0.3, 0.4) is 0 Å². The SMILES string of the molecule is CC(O[C@H]1CCCN(C(=O)OC(C)(C)C)C1)c1ccco1. The molecule has 21 heavy (non-hydrogen) atoms. The molecule has 5 nitrogen and oxygen atoms in total. The number of hydrogen-bond donors (Lipinski definition) is 0. The molecule has 0 spiro atoms. The minimum absolute atomic E-state index is 0.0198. The second-order valence-electron chi connectivity index (χ2n) is 6.48. The molecule has 2 atom stereocenters. The van der Waals surface area contributed by atoms with Gasteiger partial charge in [-0.2, -0.15) is 0 Å². The summed E-state index contributed by atoms with van der Waals surface area (Å²) < 4.78 is 16.8. The average Bonchev–Trinajstić information content (AvgIpc) is 2.91. The van der Waals surface area contributed by atoms with Crippen LogP contribution in [0, 0.1) is 0 Å². The third-order valence-corrected chi connectivity index (χ3v) is 3.37. The lowest BCUT2D eigenvalue weighted by Gasteiger charge is -2.34. The fourth-order valence-electron chi connectivity index (χ4n) is 2.42. The third-order valence-electron chi connectivity index (χ3n) is 3.37. The maximum absolute atomic E-state index is 12.1. The van der Waals surface area contributed by atoms with Gasteiger partial charge in [-0.1, -0.05) is 0 Å². The summed E-state index contributed by atoms with van der Waals surface area (Å²) in [5, 5.41) is 0. The largest absolute Gasteiger partial charge is 0.467 e. The quantitative estimate of drug-likeness (QED) is 0.852. The fourth-order valence-corrected chi connectivity index (χ4v) is 2.42. The second-order valence-corrected chi connectivity index (χ2v) is 6.48. The lowest BCUT2D eigenvalue weighted by Crippen LogP contribution is -2.45. The van der Waals surface area contributed by atoms with Gasteiger partial charge >= 0.3 is 6.09 Å². The number of rotatable bonds is 3. The van der Waals surface area contributed by atoms with Gasteiger partial charge in [0.15, 0.2) is 0 Å². The molecule has 1 fully saturated rings. The number of carbonyl (C=O) groups is 1. The summed E-state index contributed by atoms with van der Waals surface area (Å²) in [5.41, 5.74) is -0.466. The van der Waals surface area contributed by atoms with Crippen molar-refractivity contribution < 1.29 is 18.7 Å². The Bertz CT molecular complexity index is 449. The van der Waals surface area contributed by atoms with Crippen molar-refractivity contribution in [1.82, 2.24) is 4.90 Å². The minimum atomic E-state index is -0.466. The Hall–Kier alpha value is -1.49. The Balaban J connectivity index is 1.87. The van der Waals surface area contributed by atoms with Gasteiger partial charge in [0.05, 0.1) is 18.9 Å². The molecule has 1 unspecified atom stereocenters. The number of ether oxygens (including phenoxy) is 2. The van der Waals surface area contributed by atoms with Gasteiger partial charge in [0.25, 0.3) is 0 Å². The zero-order valence-electron chi connectivity index (χ0n) is 13.3. The van der Waals surface area contributed by atoms with Gasteiger partial charge in [-0.25, -0.2) is 4.79 Å². The Labute approximate surface area is 126 Å². The number of nitrogens with zero attached hydrogens (tertiary/aromatic N) is 1. The highest BCUT2D eigenvalue weighted by atomic mass is 16.6. The number of amides is 1. The predicted octanol–water partition coefficient (Wildman–Crippen LogP) is 3.76. The Morgan fingerprint density at radius 1 is 1.48 bits per heavy atom. The monoisotopic (exact) mass is 295 g/mol. The van der Waals surface area contributed by atoms with E-state index in [1.807, 2.05) is 39.8 Å². The summed E-state index contributed by atoms with van der Waals surface area (Å²) in [7, 11) is 0. The molecule has 1 aliphatic heterocycles. The molecule has 0 radical (unpaired) electrons. The van der Waals surface area contributed by atoms with Crippen LogP contribution in [-0.2, 0) is 9.47 Å². The zero-order valence-corrected chi connectivity index (χ0v) is 13.3. The molecular formula is C16H25NO4. The van der Waals surface area contributed by atoms with E-state index in [0.717, 1.165) is 25.1 Å². The lowest BCUT2D eigenvalue weighted by atomic mass is 10.1. The zero-order chi connectivity index (χ0) is 15.5. The van der Waals surface area contributed by atoms with Crippen molar-refractivity contribution in [2.75, 3.05) is 13.1 Å². The third kappa shape index (κ3) is 4.77. The summed E-state index contributed by atoms with van der Waals surface area (Å²) >= 11 is 0. The molecule has 1 aromatic rings. The first-order chi connectivity index (χ1) is 9.85. The highest BCUT2D eigenvalue weighted by Crippen LogP contribution is 2.24. The van der Waals surface area contributed by atoms with Crippen LogP contribution in [0.5, 0.6) is 0 Å². The summed E-state index contributed by atoms with van der Waals surface area (Å²) in [6.45, 7) is 8.89. The van der Waals surface area contributed by atoms with Gasteiger partial charge in [0.1, 0.15) is 17.5 Å². The van der Waals surface area contributed by atoms with E-state index in [1.54, 1.807) is 11.2 Å². The van der Waals surface area contributed by atoms with Crippen molar-refractivity contribution in [3.05, 3.63) is 24.2 Å². The van der Waals surface area contributed by atoms with Gasteiger partial charge in [0, 0.05) is 6.54 Å². The summed E-state index contributed by atoms with van der Waals surface area (Å²) in [6, 6.07) is 3.75. The van der Waals surface area contributed by atoms with Gasteiger partial charge in [-0.05, 0) is 52.7 Å². The van der Waals surface area contributed by atoms with Crippen LogP contribution in [0.25, 0.3) is 0 Å². The molecule has 1 aliphatic rings. The van der Waals surface area contributed by atoms with Crippen molar-refractivity contribution in [3.63, 3.8) is 0 Å². The molecule has 0 bridgehead atoms. The maximum atomic E-state index is 12.1. The van der Waals surface area contributed by atoms with Crippen molar-refractivity contribution in [3.8, 4) is 0 Å². The number of piperidine rings is 1. The molecule has 2 heterocycles. The topological polar surface area (TPSA) is 51.9 Å². The van der Waals surface area contributed by atoms with Crippen LogP contribution in [0.2, 0.25) is 0 Å². The molecule has 1 saturated heterocycles. The van der Waals surface area contributed by atoms with E-state index < -0.39 is 5.60 Å². The van der Waals surface area contributed by atoms with Crippen molar-refractivity contribution in [2.24, 2.45) is 0 Å². The number of likely N-dealkylation sites (tertiary alicyclic amines) is 1. The van der Waals surface area contributed by atoms with E-state index in [4.69, 9.17) is 13.9 Å². The smallest absolute Gasteiger partial charge is 0.410 e. The number of furan rings is 1. The van der Waals surface area contributed by atoms with E-state index in [1.165, 1.54) is 0 Å². The van der Waals surface area contributed by atoms with Crippen molar-refractivity contribution in [1.29, 1.82) is 0 Å². The minimum Gasteiger partial charge on any atom is -0.467 e. The molecule has 5 heteroatoms. The van der Waals surface area contributed by atoms with Crippen LogP contribution < -0.4 is 0 Å². The molecule has 118 valence electrons. The van der Waals surface area contributed by atoms with E-state index in [-0.39, 0.29) is 18.3 Å². The summed E-state index contributed by atoms with van der Waals surface area (Å²) in [6.07, 6.45) is 3.17. The van der Waals surface area contributed by atoms with E-state index >= 15 is 0 Å².